The number of carbonyl (C=O) groups excluding carboxylic acids is 1. The molecule has 25 heavy (non-hydrogen) atoms. The molecule has 132 valence electrons. The Bertz CT molecular complexity index is 839. The lowest BCUT2D eigenvalue weighted by molar-refractivity contribution is -0.127. The Kier molecular flexibility index (Phi) is 4.50. The molecule has 0 bridgehead atoms. The molecule has 2 aliphatic rings. The summed E-state index contributed by atoms with van der Waals surface area (Å²) in [5, 5.41) is 9.11. The van der Waals surface area contributed by atoms with Crippen LogP contribution in [0.4, 0.5) is 0 Å². The molecule has 0 spiro atoms. The highest BCUT2D eigenvalue weighted by Gasteiger charge is 2.35. The molecule has 0 aromatic carbocycles. The van der Waals surface area contributed by atoms with E-state index < -0.39 is 0 Å². The molecule has 2 heterocycles. The Morgan fingerprint density at radius 2 is 2.16 bits per heavy atom. The minimum Gasteiger partial charge on any atom is -0.313 e. The number of thioether (sulfide) groups is 1. The first kappa shape index (κ1) is 16.6. The van der Waals surface area contributed by atoms with Crippen molar-refractivity contribution in [2.45, 2.75) is 63.6 Å². The molecule has 0 saturated heterocycles. The number of carbonyl (C=O) groups is 1. The van der Waals surface area contributed by atoms with Gasteiger partial charge in [-0.3, -0.25) is 9.20 Å². The molecule has 2 aromatic heterocycles. The van der Waals surface area contributed by atoms with E-state index in [1.54, 1.807) is 0 Å². The Labute approximate surface area is 151 Å². The number of amides is 1. The predicted molar refractivity (Wildman–Crippen MR) is 97.4 cm³/mol. The maximum Gasteiger partial charge on any atom is 0.256 e. The Balaban J connectivity index is 1.50. The zero-order valence-corrected chi connectivity index (χ0v) is 15.6. The number of hydrogen-bond acceptors (Lipinski definition) is 5. The van der Waals surface area contributed by atoms with Crippen LogP contribution >= 0.6 is 11.8 Å². The monoisotopic (exact) mass is 357 g/mol. The molecule has 0 N–H and O–H groups in total. The number of aryl methyl sites for hydroxylation is 2. The summed E-state index contributed by atoms with van der Waals surface area (Å²) in [7, 11) is 0. The van der Waals surface area contributed by atoms with E-state index in [9.17, 15) is 4.79 Å². The van der Waals surface area contributed by atoms with Crippen molar-refractivity contribution in [3.8, 4) is 0 Å². The molecule has 0 atom stereocenters. The number of hydrogen-bond donors (Lipinski definition) is 0. The van der Waals surface area contributed by atoms with Gasteiger partial charge >= 0.3 is 0 Å². The van der Waals surface area contributed by atoms with Gasteiger partial charge in [0.1, 0.15) is 0 Å². The van der Waals surface area contributed by atoms with Crippen LogP contribution in [0.15, 0.2) is 23.0 Å². The van der Waals surface area contributed by atoms with Crippen LogP contribution < -0.4 is 0 Å². The molecule has 1 amide bonds. The van der Waals surface area contributed by atoms with Gasteiger partial charge in [-0.05, 0) is 58.4 Å². The van der Waals surface area contributed by atoms with Crippen molar-refractivity contribution in [1.29, 1.82) is 0 Å². The maximum absolute atomic E-state index is 12.9. The first-order valence-electron chi connectivity index (χ1n) is 8.97. The van der Waals surface area contributed by atoms with Crippen LogP contribution in [0.1, 0.15) is 49.9 Å². The lowest BCUT2D eigenvalue weighted by atomic mass is 10.0. The molecule has 7 heteroatoms. The van der Waals surface area contributed by atoms with E-state index in [1.165, 1.54) is 30.3 Å². The molecular formula is C18H23N5OS. The van der Waals surface area contributed by atoms with E-state index in [-0.39, 0.29) is 5.91 Å². The van der Waals surface area contributed by atoms with E-state index in [4.69, 9.17) is 0 Å². The summed E-state index contributed by atoms with van der Waals surface area (Å²) in [6.07, 6.45) is 9.07. The molecule has 0 aliphatic heterocycles. The second kappa shape index (κ2) is 6.78. The number of rotatable bonds is 5. The van der Waals surface area contributed by atoms with Gasteiger partial charge in [-0.15, -0.1) is 10.2 Å². The third-order valence-corrected chi connectivity index (χ3v) is 5.66. The van der Waals surface area contributed by atoms with Crippen molar-refractivity contribution in [2.75, 3.05) is 5.75 Å². The Hall–Kier alpha value is -1.89. The van der Waals surface area contributed by atoms with Gasteiger partial charge in [0, 0.05) is 23.1 Å². The van der Waals surface area contributed by atoms with Crippen LogP contribution in [-0.4, -0.2) is 42.2 Å². The predicted octanol–water partition coefficient (Wildman–Crippen LogP) is 3.28. The molecule has 4 rings (SSSR count). The third kappa shape index (κ3) is 3.42. The molecule has 0 unspecified atom stereocenters. The van der Waals surface area contributed by atoms with Crippen LogP contribution in [0.3, 0.4) is 0 Å². The van der Waals surface area contributed by atoms with Gasteiger partial charge in [0.25, 0.3) is 5.78 Å². The van der Waals surface area contributed by atoms with Crippen LogP contribution in [0, 0.1) is 13.8 Å². The average Bonchev–Trinajstić information content (AvgIpc) is 3.33. The van der Waals surface area contributed by atoms with Gasteiger partial charge in [0.15, 0.2) is 5.16 Å². The summed E-state index contributed by atoms with van der Waals surface area (Å²) >= 11 is 1.45. The van der Waals surface area contributed by atoms with Gasteiger partial charge < -0.3 is 4.90 Å². The quantitative estimate of drug-likeness (QED) is 0.769. The van der Waals surface area contributed by atoms with Crippen molar-refractivity contribution in [2.24, 2.45) is 0 Å². The standard InChI is InChI=1S/C18H23N5OS/c1-12-10-13(2)22-17(19-12)20-21-18(22)25-11-16(24)23(15-8-9-15)14-6-4-3-5-7-14/h6,10,15H,3-5,7-9,11H2,1-2H3. The maximum atomic E-state index is 12.9. The lowest BCUT2D eigenvalue weighted by Crippen LogP contribution is -2.34. The van der Waals surface area contributed by atoms with Crippen molar-refractivity contribution in [3.05, 3.63) is 29.2 Å². The van der Waals surface area contributed by atoms with Crippen molar-refractivity contribution in [3.63, 3.8) is 0 Å². The highest BCUT2D eigenvalue weighted by Crippen LogP contribution is 2.34. The van der Waals surface area contributed by atoms with Gasteiger partial charge in [-0.2, -0.15) is 0 Å². The average molecular weight is 357 g/mol. The minimum atomic E-state index is 0.190. The summed E-state index contributed by atoms with van der Waals surface area (Å²) in [5.41, 5.74) is 3.20. The summed E-state index contributed by atoms with van der Waals surface area (Å²) in [5.74, 6) is 1.18. The van der Waals surface area contributed by atoms with Gasteiger partial charge in [0.05, 0.1) is 5.75 Å². The van der Waals surface area contributed by atoms with E-state index >= 15 is 0 Å². The molecule has 0 radical (unpaired) electrons. The molecule has 2 aliphatic carbocycles. The molecule has 1 fully saturated rings. The van der Waals surface area contributed by atoms with Crippen LogP contribution in [0.2, 0.25) is 0 Å². The highest BCUT2D eigenvalue weighted by atomic mass is 32.2. The summed E-state index contributed by atoms with van der Waals surface area (Å²) in [6, 6.07) is 2.42. The van der Waals surface area contributed by atoms with E-state index in [2.05, 4.69) is 26.2 Å². The van der Waals surface area contributed by atoms with Gasteiger partial charge in [-0.1, -0.05) is 17.8 Å². The van der Waals surface area contributed by atoms with Crippen LogP contribution in [0.25, 0.3) is 5.78 Å². The topological polar surface area (TPSA) is 63.4 Å². The molecule has 2 aromatic rings. The number of nitrogens with zero attached hydrogens (tertiary/aromatic N) is 5. The molecule has 6 nitrogen and oxygen atoms in total. The Morgan fingerprint density at radius 3 is 2.88 bits per heavy atom. The number of aromatic nitrogens is 4. The van der Waals surface area contributed by atoms with Crippen molar-refractivity contribution >= 4 is 23.4 Å². The van der Waals surface area contributed by atoms with Crippen molar-refractivity contribution in [1.82, 2.24) is 24.5 Å². The number of fused-ring (bicyclic) bond motifs is 1. The minimum absolute atomic E-state index is 0.190. The van der Waals surface area contributed by atoms with E-state index in [0.717, 1.165) is 42.2 Å². The fraction of sp³-hybridized carbons (Fsp3) is 0.556. The van der Waals surface area contributed by atoms with Gasteiger partial charge in [-0.25, -0.2) is 4.98 Å². The lowest BCUT2D eigenvalue weighted by Gasteiger charge is -2.27. The molecular weight excluding hydrogens is 334 g/mol. The second-order valence-electron chi connectivity index (χ2n) is 6.88. The Morgan fingerprint density at radius 1 is 1.32 bits per heavy atom. The van der Waals surface area contributed by atoms with E-state index in [1.807, 2.05) is 24.3 Å². The number of allylic oxidation sites excluding steroid dienone is 2. The highest BCUT2D eigenvalue weighted by molar-refractivity contribution is 7.99. The zero-order valence-electron chi connectivity index (χ0n) is 14.7. The van der Waals surface area contributed by atoms with Crippen LogP contribution in [-0.2, 0) is 4.79 Å². The molecule has 1 saturated carbocycles. The first-order valence-corrected chi connectivity index (χ1v) is 9.95. The first-order chi connectivity index (χ1) is 12.1. The van der Waals surface area contributed by atoms with Crippen LogP contribution in [0.5, 0.6) is 0 Å². The SMILES string of the molecule is Cc1cc(C)n2c(SCC(=O)N(C3=CCCCC3)C3CC3)nnc2n1. The van der Waals surface area contributed by atoms with Crippen molar-refractivity contribution < 1.29 is 4.79 Å². The van der Waals surface area contributed by atoms with E-state index in [0.29, 0.717) is 17.6 Å². The second-order valence-corrected chi connectivity index (χ2v) is 7.82. The largest absolute Gasteiger partial charge is 0.313 e. The summed E-state index contributed by atoms with van der Waals surface area (Å²) < 4.78 is 1.92. The normalized spacial score (nSPS) is 17.6. The third-order valence-electron chi connectivity index (χ3n) is 4.75. The summed E-state index contributed by atoms with van der Waals surface area (Å²) in [4.78, 5) is 19.3. The zero-order chi connectivity index (χ0) is 17.4. The summed E-state index contributed by atoms with van der Waals surface area (Å²) in [6.45, 7) is 3.96. The fourth-order valence-electron chi connectivity index (χ4n) is 3.46. The van der Waals surface area contributed by atoms with Gasteiger partial charge in [0.2, 0.25) is 5.91 Å². The fourth-order valence-corrected chi connectivity index (χ4v) is 4.31. The smallest absolute Gasteiger partial charge is 0.256 e.